The summed E-state index contributed by atoms with van der Waals surface area (Å²) in [5.74, 6) is 0.659. The minimum Gasteiger partial charge on any atom is -0.493 e. The van der Waals surface area contributed by atoms with Crippen LogP contribution in [-0.4, -0.2) is 12.9 Å². The molecular formula is C14H17BrO2. The van der Waals surface area contributed by atoms with E-state index in [0.717, 1.165) is 36.4 Å². The zero-order valence-electron chi connectivity index (χ0n) is 9.82. The van der Waals surface area contributed by atoms with E-state index in [2.05, 4.69) is 22.5 Å². The van der Waals surface area contributed by atoms with E-state index in [4.69, 9.17) is 4.74 Å². The first-order valence-corrected chi connectivity index (χ1v) is 6.55. The van der Waals surface area contributed by atoms with Gasteiger partial charge >= 0.3 is 0 Å². The molecule has 0 fully saturated rings. The maximum Gasteiger partial charge on any atom is 0.153 e. The van der Waals surface area contributed by atoms with Crippen LogP contribution in [0.3, 0.4) is 0 Å². The fourth-order valence-electron chi connectivity index (χ4n) is 1.49. The van der Waals surface area contributed by atoms with Crippen LogP contribution in [0.1, 0.15) is 36.0 Å². The fraction of sp³-hybridized carbons (Fsp3) is 0.357. The Morgan fingerprint density at radius 1 is 1.29 bits per heavy atom. The molecule has 1 aromatic carbocycles. The molecule has 92 valence electrons. The highest BCUT2D eigenvalue weighted by molar-refractivity contribution is 9.10. The number of rotatable bonds is 8. The zero-order chi connectivity index (χ0) is 12.5. The van der Waals surface area contributed by atoms with Gasteiger partial charge in [-0.15, -0.1) is 6.58 Å². The lowest BCUT2D eigenvalue weighted by atomic mass is 10.2. The molecule has 0 heterocycles. The maximum atomic E-state index is 10.8. The number of hydrogen-bond acceptors (Lipinski definition) is 2. The van der Waals surface area contributed by atoms with Crippen molar-refractivity contribution in [2.24, 2.45) is 0 Å². The van der Waals surface area contributed by atoms with Gasteiger partial charge in [-0.25, -0.2) is 0 Å². The molecular weight excluding hydrogens is 280 g/mol. The summed E-state index contributed by atoms with van der Waals surface area (Å²) < 4.78 is 6.47. The van der Waals surface area contributed by atoms with Crippen molar-refractivity contribution in [3.63, 3.8) is 0 Å². The standard InChI is InChI=1S/C14H17BrO2/c1-2-3-4-5-6-9-17-14-8-7-13(15)10-12(14)11-16/h2,7-8,10-11H,1,3-6,9H2. The van der Waals surface area contributed by atoms with Gasteiger partial charge in [-0.2, -0.15) is 0 Å². The summed E-state index contributed by atoms with van der Waals surface area (Å²) in [6.07, 6.45) is 7.07. The molecule has 3 heteroatoms. The van der Waals surface area contributed by atoms with E-state index < -0.39 is 0 Å². The molecule has 0 amide bonds. The number of carbonyl (C=O) groups excluding carboxylic acids is 1. The van der Waals surface area contributed by atoms with E-state index in [-0.39, 0.29) is 0 Å². The van der Waals surface area contributed by atoms with Crippen molar-refractivity contribution in [2.75, 3.05) is 6.61 Å². The van der Waals surface area contributed by atoms with Crippen molar-refractivity contribution < 1.29 is 9.53 Å². The number of ether oxygens (including phenoxy) is 1. The third-order valence-electron chi connectivity index (χ3n) is 2.41. The zero-order valence-corrected chi connectivity index (χ0v) is 11.4. The second kappa shape index (κ2) is 8.07. The number of hydrogen-bond donors (Lipinski definition) is 0. The summed E-state index contributed by atoms with van der Waals surface area (Å²) in [6, 6.07) is 5.46. The highest BCUT2D eigenvalue weighted by Gasteiger charge is 2.03. The molecule has 0 bridgehead atoms. The lowest BCUT2D eigenvalue weighted by molar-refractivity contribution is 0.111. The summed E-state index contributed by atoms with van der Waals surface area (Å²) in [5.41, 5.74) is 0.588. The molecule has 0 aliphatic carbocycles. The molecule has 0 aliphatic rings. The van der Waals surface area contributed by atoms with Crippen LogP contribution in [0.25, 0.3) is 0 Å². The molecule has 0 saturated heterocycles. The van der Waals surface area contributed by atoms with Gasteiger partial charge in [0.2, 0.25) is 0 Å². The van der Waals surface area contributed by atoms with Crippen LogP contribution in [0.5, 0.6) is 5.75 Å². The molecule has 0 aromatic heterocycles. The first-order valence-electron chi connectivity index (χ1n) is 5.76. The number of carbonyl (C=O) groups is 1. The number of halogens is 1. The van der Waals surface area contributed by atoms with Gasteiger partial charge in [0.25, 0.3) is 0 Å². The van der Waals surface area contributed by atoms with E-state index in [1.807, 2.05) is 18.2 Å². The van der Waals surface area contributed by atoms with Crippen molar-refractivity contribution >= 4 is 22.2 Å². The Kier molecular flexibility index (Phi) is 6.63. The lowest BCUT2D eigenvalue weighted by Crippen LogP contribution is -1.99. The average Bonchev–Trinajstić information content (AvgIpc) is 2.35. The molecule has 0 unspecified atom stereocenters. The Morgan fingerprint density at radius 2 is 2.12 bits per heavy atom. The number of aldehydes is 1. The molecule has 1 aromatic rings. The molecule has 2 nitrogen and oxygen atoms in total. The second-order valence-electron chi connectivity index (χ2n) is 3.79. The Bertz CT molecular complexity index is 374. The Morgan fingerprint density at radius 3 is 2.82 bits per heavy atom. The molecule has 1 rings (SSSR count). The quantitative estimate of drug-likeness (QED) is 0.404. The van der Waals surface area contributed by atoms with Gasteiger partial charge < -0.3 is 4.74 Å². The fourth-order valence-corrected chi connectivity index (χ4v) is 1.87. The number of allylic oxidation sites excluding steroid dienone is 1. The number of unbranched alkanes of at least 4 members (excludes halogenated alkanes) is 3. The molecule has 0 radical (unpaired) electrons. The Balaban J connectivity index is 2.36. The molecule has 0 aliphatic heterocycles. The topological polar surface area (TPSA) is 26.3 Å². The molecule has 0 atom stereocenters. The third kappa shape index (κ3) is 5.18. The van der Waals surface area contributed by atoms with Crippen LogP contribution in [0.4, 0.5) is 0 Å². The van der Waals surface area contributed by atoms with Crippen LogP contribution in [-0.2, 0) is 0 Å². The van der Waals surface area contributed by atoms with Crippen molar-refractivity contribution in [2.45, 2.75) is 25.7 Å². The van der Waals surface area contributed by atoms with Crippen LogP contribution in [0.15, 0.2) is 35.3 Å². The van der Waals surface area contributed by atoms with Gasteiger partial charge in [-0.05, 0) is 43.9 Å². The van der Waals surface area contributed by atoms with Gasteiger partial charge in [0, 0.05) is 4.47 Å². The monoisotopic (exact) mass is 296 g/mol. The van der Waals surface area contributed by atoms with E-state index in [9.17, 15) is 4.79 Å². The summed E-state index contributed by atoms with van der Waals surface area (Å²) in [7, 11) is 0. The number of benzene rings is 1. The normalized spacial score (nSPS) is 9.94. The first kappa shape index (κ1) is 14.0. The van der Waals surface area contributed by atoms with E-state index in [1.54, 1.807) is 6.07 Å². The Hall–Kier alpha value is -1.09. The lowest BCUT2D eigenvalue weighted by Gasteiger charge is -2.08. The Labute approximate surface area is 111 Å². The van der Waals surface area contributed by atoms with E-state index >= 15 is 0 Å². The summed E-state index contributed by atoms with van der Waals surface area (Å²) >= 11 is 3.32. The van der Waals surface area contributed by atoms with Crippen LogP contribution in [0, 0.1) is 0 Å². The van der Waals surface area contributed by atoms with Crippen molar-refractivity contribution in [3.05, 3.63) is 40.9 Å². The van der Waals surface area contributed by atoms with Gasteiger partial charge in [0.1, 0.15) is 5.75 Å². The predicted molar refractivity (Wildman–Crippen MR) is 73.7 cm³/mol. The van der Waals surface area contributed by atoms with Gasteiger partial charge in [-0.1, -0.05) is 22.0 Å². The van der Waals surface area contributed by atoms with Crippen molar-refractivity contribution in [1.82, 2.24) is 0 Å². The summed E-state index contributed by atoms with van der Waals surface area (Å²) in [6.45, 7) is 4.33. The molecule has 0 saturated carbocycles. The predicted octanol–water partition coefficient (Wildman–Crippen LogP) is 4.39. The van der Waals surface area contributed by atoms with E-state index in [0.29, 0.717) is 17.9 Å². The van der Waals surface area contributed by atoms with Gasteiger partial charge in [0.05, 0.1) is 12.2 Å². The molecule has 0 N–H and O–H groups in total. The van der Waals surface area contributed by atoms with Crippen molar-refractivity contribution in [3.8, 4) is 5.75 Å². The maximum absolute atomic E-state index is 10.8. The third-order valence-corrected chi connectivity index (χ3v) is 2.90. The summed E-state index contributed by atoms with van der Waals surface area (Å²) in [4.78, 5) is 10.8. The second-order valence-corrected chi connectivity index (χ2v) is 4.70. The first-order chi connectivity index (χ1) is 8.27. The highest BCUT2D eigenvalue weighted by Crippen LogP contribution is 2.21. The van der Waals surface area contributed by atoms with E-state index in [1.165, 1.54) is 0 Å². The SMILES string of the molecule is C=CCCCCCOc1ccc(Br)cc1C=O. The minimum absolute atomic E-state index is 0.588. The smallest absolute Gasteiger partial charge is 0.153 e. The minimum atomic E-state index is 0.588. The summed E-state index contributed by atoms with van der Waals surface area (Å²) in [5, 5.41) is 0. The molecule has 0 spiro atoms. The molecule has 17 heavy (non-hydrogen) atoms. The van der Waals surface area contributed by atoms with Gasteiger partial charge in [-0.3, -0.25) is 4.79 Å². The van der Waals surface area contributed by atoms with Crippen LogP contribution in [0.2, 0.25) is 0 Å². The van der Waals surface area contributed by atoms with Crippen LogP contribution >= 0.6 is 15.9 Å². The van der Waals surface area contributed by atoms with Crippen molar-refractivity contribution in [1.29, 1.82) is 0 Å². The van der Waals surface area contributed by atoms with Crippen LogP contribution < -0.4 is 4.74 Å². The van der Waals surface area contributed by atoms with Gasteiger partial charge in [0.15, 0.2) is 6.29 Å². The average molecular weight is 297 g/mol. The highest BCUT2D eigenvalue weighted by atomic mass is 79.9. The largest absolute Gasteiger partial charge is 0.493 e.